The average molecular weight is 600 g/mol. The molecule has 2 aliphatic heterocycles. The van der Waals surface area contributed by atoms with Crippen LogP contribution in [0.25, 0.3) is 21.5 Å². The maximum absolute atomic E-state index is 13.1. The number of piperidine rings is 1. The Labute approximate surface area is 243 Å². The van der Waals surface area contributed by atoms with Crippen LogP contribution >= 0.6 is 11.3 Å². The molecule has 1 aliphatic carbocycles. The predicted molar refractivity (Wildman–Crippen MR) is 149 cm³/mol. The van der Waals surface area contributed by atoms with E-state index in [1.54, 1.807) is 30.3 Å². The number of rotatable bonds is 8. The highest BCUT2D eigenvalue weighted by atomic mass is 32.1. The Balaban J connectivity index is 1.11. The van der Waals surface area contributed by atoms with Crippen molar-refractivity contribution in [1.29, 1.82) is 0 Å². The fourth-order valence-corrected chi connectivity index (χ4v) is 7.61. The Kier molecular flexibility index (Phi) is 6.65. The SMILES string of the molecule is C[C@@H]1CC2CC(OCc3c(-c4ccccc4OC(F)(F)F)noc3C3CC3)CC1N2c1nc2ccc(C(=O)O)cc2s1. The van der Waals surface area contributed by atoms with Gasteiger partial charge in [-0.25, -0.2) is 9.78 Å². The molecular weight excluding hydrogens is 571 g/mol. The van der Waals surface area contributed by atoms with Crippen molar-refractivity contribution in [3.8, 4) is 17.0 Å². The number of thiazole rings is 1. The number of halogens is 3. The van der Waals surface area contributed by atoms with Gasteiger partial charge in [0.15, 0.2) is 5.13 Å². The summed E-state index contributed by atoms with van der Waals surface area (Å²) in [6, 6.07) is 11.4. The van der Waals surface area contributed by atoms with Gasteiger partial charge in [0, 0.05) is 29.1 Å². The van der Waals surface area contributed by atoms with Gasteiger partial charge in [-0.1, -0.05) is 35.5 Å². The van der Waals surface area contributed by atoms with Crippen molar-refractivity contribution in [2.24, 2.45) is 5.92 Å². The van der Waals surface area contributed by atoms with Crippen LogP contribution in [0.3, 0.4) is 0 Å². The molecule has 2 bridgehead atoms. The number of hydrogen-bond acceptors (Lipinski definition) is 8. The number of aromatic carboxylic acids is 1. The Bertz CT molecular complexity index is 1650. The van der Waals surface area contributed by atoms with Gasteiger partial charge in [-0.05, 0) is 68.4 Å². The van der Waals surface area contributed by atoms with E-state index < -0.39 is 12.3 Å². The number of nitrogens with zero attached hydrogens (tertiary/aromatic N) is 3. The lowest BCUT2D eigenvalue weighted by molar-refractivity contribution is -0.274. The number of aromatic nitrogens is 2. The molecule has 2 aromatic carbocycles. The molecule has 42 heavy (non-hydrogen) atoms. The third-order valence-corrected chi connectivity index (χ3v) is 9.57. The maximum atomic E-state index is 13.1. The first-order valence-electron chi connectivity index (χ1n) is 14.0. The molecule has 0 radical (unpaired) electrons. The number of carbonyl (C=O) groups is 1. The smallest absolute Gasteiger partial charge is 0.478 e. The van der Waals surface area contributed by atoms with Crippen LogP contribution in [0.4, 0.5) is 18.3 Å². The van der Waals surface area contributed by atoms with E-state index in [0.29, 0.717) is 22.9 Å². The molecule has 3 aliphatic rings. The van der Waals surface area contributed by atoms with E-state index in [-0.39, 0.29) is 47.6 Å². The first-order valence-corrected chi connectivity index (χ1v) is 14.8. The third kappa shape index (κ3) is 5.11. The van der Waals surface area contributed by atoms with Crippen LogP contribution in [-0.2, 0) is 11.3 Å². The molecule has 0 amide bonds. The Morgan fingerprint density at radius 3 is 2.71 bits per heavy atom. The van der Waals surface area contributed by atoms with Crippen molar-refractivity contribution in [3.63, 3.8) is 0 Å². The molecule has 0 spiro atoms. The molecule has 4 aromatic rings. The number of alkyl halides is 3. The summed E-state index contributed by atoms with van der Waals surface area (Å²) in [6.45, 7) is 2.42. The summed E-state index contributed by atoms with van der Waals surface area (Å²) in [4.78, 5) is 18.6. The molecular formula is C30H28F3N3O5S. The van der Waals surface area contributed by atoms with Crippen molar-refractivity contribution in [2.75, 3.05) is 4.90 Å². The Hall–Kier alpha value is -3.64. The molecule has 4 atom stereocenters. The van der Waals surface area contributed by atoms with Crippen molar-refractivity contribution < 1.29 is 37.1 Å². The minimum absolute atomic E-state index is 0.0503. The van der Waals surface area contributed by atoms with E-state index in [1.165, 1.54) is 23.5 Å². The van der Waals surface area contributed by atoms with Gasteiger partial charge in [0.2, 0.25) is 0 Å². The topological polar surface area (TPSA) is 97.9 Å². The van der Waals surface area contributed by atoms with Crippen molar-refractivity contribution in [3.05, 3.63) is 59.4 Å². The van der Waals surface area contributed by atoms with Crippen LogP contribution in [0.5, 0.6) is 5.75 Å². The maximum Gasteiger partial charge on any atom is 0.573 e. The molecule has 220 valence electrons. The van der Waals surface area contributed by atoms with Gasteiger partial charge in [-0.15, -0.1) is 13.2 Å². The molecule has 7 rings (SSSR count). The van der Waals surface area contributed by atoms with Crippen LogP contribution < -0.4 is 9.64 Å². The molecule has 1 saturated carbocycles. The van der Waals surface area contributed by atoms with Gasteiger partial charge in [0.05, 0.1) is 28.5 Å². The quantitative estimate of drug-likeness (QED) is 0.224. The van der Waals surface area contributed by atoms with Crippen LogP contribution in [-0.4, -0.2) is 45.8 Å². The summed E-state index contributed by atoms with van der Waals surface area (Å²) in [5, 5.41) is 14.5. The average Bonchev–Trinajstić information content (AvgIpc) is 3.49. The van der Waals surface area contributed by atoms with Gasteiger partial charge in [-0.2, -0.15) is 0 Å². The van der Waals surface area contributed by atoms with Crippen molar-refractivity contribution >= 4 is 32.7 Å². The fourth-order valence-electron chi connectivity index (χ4n) is 6.48. The summed E-state index contributed by atoms with van der Waals surface area (Å²) >= 11 is 1.51. The minimum atomic E-state index is -4.83. The summed E-state index contributed by atoms with van der Waals surface area (Å²) in [5.74, 6) is 0.00362. The first kappa shape index (κ1) is 27.2. The van der Waals surface area contributed by atoms with E-state index in [1.807, 2.05) is 0 Å². The summed E-state index contributed by atoms with van der Waals surface area (Å²) in [6.07, 6.45) is -0.440. The summed E-state index contributed by atoms with van der Waals surface area (Å²) in [7, 11) is 0. The predicted octanol–water partition coefficient (Wildman–Crippen LogP) is 7.39. The first-order chi connectivity index (χ1) is 20.1. The van der Waals surface area contributed by atoms with Crippen LogP contribution in [0, 0.1) is 5.92 Å². The number of para-hydroxylation sites is 1. The summed E-state index contributed by atoms with van der Waals surface area (Å²) < 4.78 is 56.7. The third-order valence-electron chi connectivity index (χ3n) is 8.53. The zero-order valence-corrected chi connectivity index (χ0v) is 23.5. The summed E-state index contributed by atoms with van der Waals surface area (Å²) in [5.41, 5.74) is 2.24. The van der Waals surface area contributed by atoms with Gasteiger partial charge in [0.1, 0.15) is 17.2 Å². The molecule has 2 saturated heterocycles. The van der Waals surface area contributed by atoms with E-state index in [0.717, 1.165) is 47.5 Å². The number of ether oxygens (including phenoxy) is 2. The highest BCUT2D eigenvalue weighted by Crippen LogP contribution is 2.48. The van der Waals surface area contributed by atoms with Crippen molar-refractivity contribution in [1.82, 2.24) is 10.1 Å². The molecule has 4 heterocycles. The highest BCUT2D eigenvalue weighted by Gasteiger charge is 2.47. The van der Waals surface area contributed by atoms with Gasteiger partial charge < -0.3 is 24.0 Å². The molecule has 2 aromatic heterocycles. The normalized spacial score (nSPS) is 24.0. The van der Waals surface area contributed by atoms with E-state index in [9.17, 15) is 23.1 Å². The number of benzene rings is 2. The Morgan fingerprint density at radius 2 is 1.98 bits per heavy atom. The Morgan fingerprint density at radius 1 is 1.17 bits per heavy atom. The zero-order chi connectivity index (χ0) is 29.2. The number of fused-ring (bicyclic) bond motifs is 3. The van der Waals surface area contributed by atoms with Gasteiger partial charge in [-0.3, -0.25) is 0 Å². The second kappa shape index (κ2) is 10.3. The molecule has 1 N–H and O–H groups in total. The molecule has 12 heteroatoms. The lowest BCUT2D eigenvalue weighted by Gasteiger charge is -2.39. The number of carboxylic acid groups (broad SMARTS) is 1. The van der Waals surface area contributed by atoms with Crippen LogP contribution in [0.1, 0.15) is 66.6 Å². The second-order valence-corrected chi connectivity index (χ2v) is 12.4. The van der Waals surface area contributed by atoms with E-state index >= 15 is 0 Å². The zero-order valence-electron chi connectivity index (χ0n) is 22.6. The molecule has 3 fully saturated rings. The van der Waals surface area contributed by atoms with E-state index in [2.05, 4.69) is 21.7 Å². The van der Waals surface area contributed by atoms with Crippen LogP contribution in [0.2, 0.25) is 0 Å². The number of anilines is 1. The number of carboxylic acids is 1. The van der Waals surface area contributed by atoms with Crippen LogP contribution in [0.15, 0.2) is 47.0 Å². The lowest BCUT2D eigenvalue weighted by Crippen LogP contribution is -2.46. The van der Waals surface area contributed by atoms with Gasteiger partial charge in [0.25, 0.3) is 0 Å². The second-order valence-electron chi connectivity index (χ2n) is 11.4. The minimum Gasteiger partial charge on any atom is -0.478 e. The van der Waals surface area contributed by atoms with E-state index in [4.69, 9.17) is 14.2 Å². The number of hydrogen-bond donors (Lipinski definition) is 1. The molecule has 8 nitrogen and oxygen atoms in total. The standard InChI is InChI=1S/C30H28F3N3O5S/c1-15-10-18-12-19(13-23(15)36(18)29-34-22-9-8-17(28(37)38)11-25(22)42-29)39-14-21-26(35-41-27(21)16-6-7-16)20-4-2-3-5-24(20)40-30(31,32)33/h2-5,8-9,11,15-16,18-19,23H,6-7,10,12-14H2,1H3,(H,37,38)/t15-,18?,19?,23?/m1/s1. The molecule has 3 unspecified atom stereocenters. The lowest BCUT2D eigenvalue weighted by atomic mass is 9.97. The largest absolute Gasteiger partial charge is 0.573 e. The monoisotopic (exact) mass is 599 g/mol. The van der Waals surface area contributed by atoms with Crippen molar-refractivity contribution in [2.45, 2.75) is 76.1 Å². The van der Waals surface area contributed by atoms with Gasteiger partial charge >= 0.3 is 12.3 Å². The fraction of sp³-hybridized carbons (Fsp3) is 0.433. The highest BCUT2D eigenvalue weighted by molar-refractivity contribution is 7.22.